The SMILES string of the molecule is CCC(=O)N(c1ccccc1)[C@H]1CC(C)N(C(=O)c2ccc(OCC(C)(C)O)cc2)c2ccccc21. The minimum absolute atomic E-state index is 0.0506. The second kappa shape index (κ2) is 10.5. The van der Waals surface area contributed by atoms with Crippen molar-refractivity contribution in [2.24, 2.45) is 0 Å². The number of hydrogen-bond donors (Lipinski definition) is 1. The van der Waals surface area contributed by atoms with Crippen LogP contribution in [0.2, 0.25) is 0 Å². The summed E-state index contributed by atoms with van der Waals surface area (Å²) in [6.07, 6.45) is 1.02. The van der Waals surface area contributed by atoms with Crippen LogP contribution in [-0.2, 0) is 4.79 Å². The number of rotatable bonds is 7. The first-order valence-electron chi connectivity index (χ1n) is 12.4. The van der Waals surface area contributed by atoms with Crippen LogP contribution in [0.25, 0.3) is 0 Å². The lowest BCUT2D eigenvalue weighted by molar-refractivity contribution is -0.118. The van der Waals surface area contributed by atoms with Crippen LogP contribution in [0.3, 0.4) is 0 Å². The molecule has 0 radical (unpaired) electrons. The van der Waals surface area contributed by atoms with Gasteiger partial charge in [-0.1, -0.05) is 43.3 Å². The van der Waals surface area contributed by atoms with Crippen molar-refractivity contribution in [1.82, 2.24) is 0 Å². The van der Waals surface area contributed by atoms with E-state index in [1.54, 1.807) is 38.1 Å². The fraction of sp³-hybridized carbons (Fsp3) is 0.333. The van der Waals surface area contributed by atoms with Crippen molar-refractivity contribution in [3.63, 3.8) is 0 Å². The third kappa shape index (κ3) is 5.44. The number of amides is 2. The van der Waals surface area contributed by atoms with Crippen molar-refractivity contribution in [2.45, 2.75) is 58.2 Å². The average Bonchev–Trinajstić information content (AvgIpc) is 2.87. The molecule has 4 rings (SSSR count). The summed E-state index contributed by atoms with van der Waals surface area (Å²) < 4.78 is 5.63. The van der Waals surface area contributed by atoms with Gasteiger partial charge < -0.3 is 19.6 Å². The molecule has 0 fully saturated rings. The highest BCUT2D eigenvalue weighted by atomic mass is 16.5. The Morgan fingerprint density at radius 2 is 1.64 bits per heavy atom. The zero-order valence-corrected chi connectivity index (χ0v) is 21.3. The molecule has 0 aromatic heterocycles. The Labute approximate surface area is 213 Å². The van der Waals surface area contributed by atoms with Gasteiger partial charge in [-0.3, -0.25) is 9.59 Å². The van der Waals surface area contributed by atoms with E-state index >= 15 is 0 Å². The van der Waals surface area contributed by atoms with Gasteiger partial charge in [0.1, 0.15) is 12.4 Å². The van der Waals surface area contributed by atoms with E-state index in [0.717, 1.165) is 16.9 Å². The molecular weight excluding hydrogens is 452 g/mol. The number of anilines is 2. The Morgan fingerprint density at radius 1 is 1.00 bits per heavy atom. The van der Waals surface area contributed by atoms with Crippen molar-refractivity contribution < 1.29 is 19.4 Å². The molecule has 1 N–H and O–H groups in total. The number of aliphatic hydroxyl groups is 1. The Morgan fingerprint density at radius 3 is 2.28 bits per heavy atom. The molecule has 2 amide bonds. The molecule has 0 saturated heterocycles. The van der Waals surface area contributed by atoms with E-state index in [0.29, 0.717) is 24.2 Å². The van der Waals surface area contributed by atoms with Crippen LogP contribution in [0.15, 0.2) is 78.9 Å². The van der Waals surface area contributed by atoms with Crippen LogP contribution < -0.4 is 14.5 Å². The standard InChI is InChI=1S/C30H34N2O4/c1-5-28(33)32(23-11-7-6-8-12-23)27-19-21(2)31(26-14-10-9-13-25(26)27)29(34)22-15-17-24(18-16-22)36-20-30(3,4)35/h6-18,21,27,35H,5,19-20H2,1-4H3/t21?,27-/m0/s1. The Hall–Kier alpha value is -3.64. The fourth-order valence-electron chi connectivity index (χ4n) is 4.69. The number of hydrogen-bond acceptors (Lipinski definition) is 4. The lowest BCUT2D eigenvalue weighted by Gasteiger charge is -2.43. The third-order valence-corrected chi connectivity index (χ3v) is 6.39. The van der Waals surface area contributed by atoms with Crippen LogP contribution in [0.1, 0.15) is 62.5 Å². The lowest BCUT2D eigenvalue weighted by Crippen LogP contribution is -2.47. The van der Waals surface area contributed by atoms with E-state index in [-0.39, 0.29) is 30.5 Å². The first kappa shape index (κ1) is 25.5. The zero-order valence-electron chi connectivity index (χ0n) is 21.3. The smallest absolute Gasteiger partial charge is 0.258 e. The molecule has 0 spiro atoms. The molecule has 0 saturated carbocycles. The third-order valence-electron chi connectivity index (χ3n) is 6.39. The van der Waals surface area contributed by atoms with E-state index in [1.807, 2.05) is 78.2 Å². The van der Waals surface area contributed by atoms with E-state index in [2.05, 4.69) is 0 Å². The lowest BCUT2D eigenvalue weighted by atomic mass is 9.89. The first-order chi connectivity index (χ1) is 17.2. The van der Waals surface area contributed by atoms with Gasteiger partial charge in [-0.2, -0.15) is 0 Å². The molecule has 1 heterocycles. The predicted molar refractivity (Wildman–Crippen MR) is 143 cm³/mol. The maximum absolute atomic E-state index is 13.7. The van der Waals surface area contributed by atoms with Crippen molar-refractivity contribution >= 4 is 23.2 Å². The van der Waals surface area contributed by atoms with Gasteiger partial charge in [0, 0.05) is 29.4 Å². The molecule has 0 aliphatic carbocycles. The van der Waals surface area contributed by atoms with E-state index < -0.39 is 5.60 Å². The number of carbonyl (C=O) groups excluding carboxylic acids is 2. The second-order valence-corrected chi connectivity index (χ2v) is 9.91. The first-order valence-corrected chi connectivity index (χ1v) is 12.4. The van der Waals surface area contributed by atoms with Gasteiger partial charge in [-0.25, -0.2) is 0 Å². The number of fused-ring (bicyclic) bond motifs is 1. The highest BCUT2D eigenvalue weighted by Crippen LogP contribution is 2.43. The van der Waals surface area contributed by atoms with Gasteiger partial charge in [-0.05, 0) is 75.2 Å². The summed E-state index contributed by atoms with van der Waals surface area (Å²) in [4.78, 5) is 30.5. The van der Waals surface area contributed by atoms with Crippen LogP contribution >= 0.6 is 0 Å². The Kier molecular flexibility index (Phi) is 7.45. The Bertz CT molecular complexity index is 1200. The monoisotopic (exact) mass is 486 g/mol. The molecule has 2 atom stereocenters. The quantitative estimate of drug-likeness (QED) is 0.461. The molecule has 3 aromatic carbocycles. The van der Waals surface area contributed by atoms with Crippen molar-refractivity contribution in [3.05, 3.63) is 90.0 Å². The van der Waals surface area contributed by atoms with Crippen LogP contribution in [0.4, 0.5) is 11.4 Å². The van der Waals surface area contributed by atoms with Crippen LogP contribution in [0, 0.1) is 0 Å². The number of benzene rings is 3. The summed E-state index contributed by atoms with van der Waals surface area (Å²) in [5.41, 5.74) is 2.25. The molecular formula is C30H34N2O4. The van der Waals surface area contributed by atoms with Gasteiger partial charge in [-0.15, -0.1) is 0 Å². The van der Waals surface area contributed by atoms with Crippen molar-refractivity contribution in [2.75, 3.05) is 16.4 Å². The number of carbonyl (C=O) groups is 2. The van der Waals surface area contributed by atoms with Crippen LogP contribution in [0.5, 0.6) is 5.75 Å². The molecule has 6 heteroatoms. The fourth-order valence-corrected chi connectivity index (χ4v) is 4.69. The summed E-state index contributed by atoms with van der Waals surface area (Å²) in [5, 5.41) is 9.89. The predicted octanol–water partition coefficient (Wildman–Crippen LogP) is 5.76. The van der Waals surface area contributed by atoms with E-state index in [4.69, 9.17) is 4.74 Å². The molecule has 1 unspecified atom stereocenters. The highest BCUT2D eigenvalue weighted by Gasteiger charge is 2.38. The van der Waals surface area contributed by atoms with Gasteiger partial charge in [0.05, 0.1) is 11.6 Å². The topological polar surface area (TPSA) is 70.1 Å². The van der Waals surface area contributed by atoms with Crippen LogP contribution in [-0.4, -0.2) is 35.2 Å². The summed E-state index contributed by atoms with van der Waals surface area (Å²) in [5.74, 6) is 0.544. The van der Waals surface area contributed by atoms with Gasteiger partial charge in [0.2, 0.25) is 5.91 Å². The minimum Gasteiger partial charge on any atom is -0.491 e. The normalized spacial score (nSPS) is 17.3. The molecule has 188 valence electrons. The molecule has 1 aliphatic heterocycles. The maximum Gasteiger partial charge on any atom is 0.258 e. The maximum atomic E-state index is 13.7. The molecule has 1 aliphatic rings. The number of para-hydroxylation sites is 2. The largest absolute Gasteiger partial charge is 0.491 e. The highest BCUT2D eigenvalue weighted by molar-refractivity contribution is 6.07. The molecule has 3 aromatic rings. The Balaban J connectivity index is 1.65. The summed E-state index contributed by atoms with van der Waals surface area (Å²) in [6.45, 7) is 7.43. The summed E-state index contributed by atoms with van der Waals surface area (Å²) in [6, 6.07) is 24.3. The van der Waals surface area contributed by atoms with Crippen molar-refractivity contribution in [3.8, 4) is 5.75 Å². The number of nitrogens with zero attached hydrogens (tertiary/aromatic N) is 2. The van der Waals surface area contributed by atoms with Gasteiger partial charge >= 0.3 is 0 Å². The minimum atomic E-state index is -0.940. The summed E-state index contributed by atoms with van der Waals surface area (Å²) in [7, 11) is 0. The zero-order chi connectivity index (χ0) is 25.9. The van der Waals surface area contributed by atoms with Gasteiger partial charge in [0.25, 0.3) is 5.91 Å². The molecule has 6 nitrogen and oxygen atoms in total. The second-order valence-electron chi connectivity index (χ2n) is 9.91. The molecule has 36 heavy (non-hydrogen) atoms. The number of ether oxygens (including phenoxy) is 1. The summed E-state index contributed by atoms with van der Waals surface area (Å²) >= 11 is 0. The average molecular weight is 487 g/mol. The van der Waals surface area contributed by atoms with Crippen molar-refractivity contribution in [1.29, 1.82) is 0 Å². The van der Waals surface area contributed by atoms with E-state index in [1.165, 1.54) is 0 Å². The molecule has 0 bridgehead atoms. The van der Waals surface area contributed by atoms with E-state index in [9.17, 15) is 14.7 Å². The van der Waals surface area contributed by atoms with Gasteiger partial charge in [0.15, 0.2) is 0 Å².